The number of hydrogen-bond acceptors (Lipinski definition) is 3. The van der Waals surface area contributed by atoms with Crippen LogP contribution >= 0.6 is 11.6 Å². The molecule has 0 bridgehead atoms. The first-order valence-corrected chi connectivity index (χ1v) is 8.53. The maximum absolute atomic E-state index is 12.1. The van der Waals surface area contributed by atoms with Crippen molar-refractivity contribution in [1.29, 1.82) is 0 Å². The standard InChI is InChI=1S/C17H24ClN3O/c1-13(2)21-12-17(8-6-15(21)22)7-4-10-20(11-17)16-14(18)5-3-9-19-16/h3,5,9,13H,4,6-8,10-12H2,1-2H3. The van der Waals surface area contributed by atoms with E-state index in [4.69, 9.17) is 11.6 Å². The Labute approximate surface area is 137 Å². The first-order chi connectivity index (χ1) is 10.5. The Hall–Kier alpha value is -1.29. The van der Waals surface area contributed by atoms with Gasteiger partial charge in [-0.2, -0.15) is 0 Å². The number of likely N-dealkylation sites (tertiary alicyclic amines) is 1. The molecule has 1 atom stereocenters. The van der Waals surface area contributed by atoms with Gasteiger partial charge in [-0.25, -0.2) is 4.98 Å². The molecule has 2 saturated heterocycles. The normalized spacial score (nSPS) is 26.1. The van der Waals surface area contributed by atoms with Crippen LogP contribution in [0.1, 0.15) is 39.5 Å². The van der Waals surface area contributed by atoms with Crippen LogP contribution in [0.25, 0.3) is 0 Å². The van der Waals surface area contributed by atoms with Crippen LogP contribution in [0.5, 0.6) is 0 Å². The molecule has 0 aromatic carbocycles. The summed E-state index contributed by atoms with van der Waals surface area (Å²) >= 11 is 6.32. The summed E-state index contributed by atoms with van der Waals surface area (Å²) in [6.07, 6.45) is 5.77. The fraction of sp³-hybridized carbons (Fsp3) is 0.647. The van der Waals surface area contributed by atoms with Crippen LogP contribution in [0, 0.1) is 5.41 Å². The third-order valence-corrected chi connectivity index (χ3v) is 5.31. The quantitative estimate of drug-likeness (QED) is 0.838. The molecule has 5 heteroatoms. The second kappa shape index (κ2) is 6.07. The molecule has 1 aromatic heterocycles. The molecule has 2 fully saturated rings. The van der Waals surface area contributed by atoms with Crippen LogP contribution < -0.4 is 4.90 Å². The minimum atomic E-state index is 0.192. The van der Waals surface area contributed by atoms with E-state index in [1.165, 1.54) is 6.42 Å². The number of nitrogens with zero attached hydrogens (tertiary/aromatic N) is 3. The van der Waals surface area contributed by atoms with Crippen molar-refractivity contribution < 1.29 is 4.79 Å². The van der Waals surface area contributed by atoms with Crippen molar-refractivity contribution in [2.24, 2.45) is 5.41 Å². The smallest absolute Gasteiger partial charge is 0.222 e. The number of hydrogen-bond donors (Lipinski definition) is 0. The van der Waals surface area contributed by atoms with Crippen molar-refractivity contribution in [3.8, 4) is 0 Å². The number of carbonyl (C=O) groups excluding carboxylic acids is 1. The van der Waals surface area contributed by atoms with E-state index in [0.717, 1.165) is 38.3 Å². The van der Waals surface area contributed by atoms with Gasteiger partial charge in [0.1, 0.15) is 5.82 Å². The molecule has 2 aliphatic rings. The number of aromatic nitrogens is 1. The molecule has 0 radical (unpaired) electrons. The van der Waals surface area contributed by atoms with Crippen LogP contribution in [-0.4, -0.2) is 41.5 Å². The Balaban J connectivity index is 1.80. The second-order valence-corrected chi connectivity index (χ2v) is 7.36. The average Bonchev–Trinajstić information content (AvgIpc) is 2.50. The monoisotopic (exact) mass is 321 g/mol. The average molecular weight is 322 g/mol. The van der Waals surface area contributed by atoms with Gasteiger partial charge in [0.25, 0.3) is 0 Å². The Kier molecular flexibility index (Phi) is 4.31. The Morgan fingerprint density at radius 2 is 2.14 bits per heavy atom. The number of rotatable bonds is 2. The van der Waals surface area contributed by atoms with Crippen LogP contribution in [0.4, 0.5) is 5.82 Å². The highest BCUT2D eigenvalue weighted by atomic mass is 35.5. The van der Waals surface area contributed by atoms with Crippen molar-refractivity contribution in [3.05, 3.63) is 23.4 Å². The predicted octanol–water partition coefficient (Wildman–Crippen LogP) is 3.35. The van der Waals surface area contributed by atoms with E-state index in [2.05, 4.69) is 23.7 Å². The topological polar surface area (TPSA) is 36.4 Å². The lowest BCUT2D eigenvalue weighted by molar-refractivity contribution is -0.140. The third-order valence-electron chi connectivity index (χ3n) is 5.02. The molecular formula is C17H24ClN3O. The van der Waals surface area contributed by atoms with Crippen LogP contribution in [0.2, 0.25) is 5.02 Å². The molecule has 120 valence electrons. The van der Waals surface area contributed by atoms with Gasteiger partial charge in [-0.05, 0) is 45.2 Å². The number of anilines is 1. The van der Waals surface area contributed by atoms with Crippen LogP contribution in [0.15, 0.2) is 18.3 Å². The molecule has 0 aliphatic carbocycles. The summed E-state index contributed by atoms with van der Waals surface area (Å²) in [6.45, 7) is 7.01. The SMILES string of the molecule is CC(C)N1CC2(CCCN(c3ncccc3Cl)C2)CCC1=O. The Morgan fingerprint density at radius 1 is 1.32 bits per heavy atom. The predicted molar refractivity (Wildman–Crippen MR) is 89.2 cm³/mol. The second-order valence-electron chi connectivity index (χ2n) is 6.95. The molecule has 3 rings (SSSR count). The highest BCUT2D eigenvalue weighted by molar-refractivity contribution is 6.32. The van der Waals surface area contributed by atoms with Crippen LogP contribution in [0.3, 0.4) is 0 Å². The number of halogens is 1. The van der Waals surface area contributed by atoms with E-state index in [0.29, 0.717) is 17.4 Å². The summed E-state index contributed by atoms with van der Waals surface area (Å²) in [6, 6.07) is 4.04. The van der Waals surface area contributed by atoms with Gasteiger partial charge < -0.3 is 9.80 Å². The third kappa shape index (κ3) is 2.94. The van der Waals surface area contributed by atoms with Gasteiger partial charge in [0.15, 0.2) is 0 Å². The molecule has 3 heterocycles. The first-order valence-electron chi connectivity index (χ1n) is 8.16. The maximum atomic E-state index is 12.1. The number of carbonyl (C=O) groups is 1. The number of piperidine rings is 2. The molecule has 1 spiro atoms. The van der Waals surface area contributed by atoms with E-state index in [1.807, 2.05) is 17.0 Å². The van der Waals surface area contributed by atoms with E-state index in [-0.39, 0.29) is 11.5 Å². The van der Waals surface area contributed by atoms with Gasteiger partial charge >= 0.3 is 0 Å². The van der Waals surface area contributed by atoms with Gasteiger partial charge in [-0.15, -0.1) is 0 Å². The number of amides is 1. The zero-order valence-corrected chi connectivity index (χ0v) is 14.1. The van der Waals surface area contributed by atoms with E-state index < -0.39 is 0 Å². The van der Waals surface area contributed by atoms with Gasteiger partial charge in [0.05, 0.1) is 5.02 Å². The molecule has 4 nitrogen and oxygen atoms in total. The van der Waals surface area contributed by atoms with Crippen molar-refractivity contribution >= 4 is 23.3 Å². The zero-order chi connectivity index (χ0) is 15.7. The van der Waals surface area contributed by atoms with Crippen molar-refractivity contribution in [1.82, 2.24) is 9.88 Å². The summed E-state index contributed by atoms with van der Waals surface area (Å²) < 4.78 is 0. The summed E-state index contributed by atoms with van der Waals surface area (Å²) in [7, 11) is 0. The minimum Gasteiger partial charge on any atom is -0.355 e. The summed E-state index contributed by atoms with van der Waals surface area (Å²) in [4.78, 5) is 21.0. The minimum absolute atomic E-state index is 0.192. The molecule has 1 amide bonds. The Morgan fingerprint density at radius 3 is 2.86 bits per heavy atom. The Bertz CT molecular complexity index is 563. The molecule has 0 N–H and O–H groups in total. The zero-order valence-electron chi connectivity index (χ0n) is 13.4. The van der Waals surface area contributed by atoms with Crippen molar-refractivity contribution in [2.75, 3.05) is 24.5 Å². The molecular weight excluding hydrogens is 298 g/mol. The van der Waals surface area contributed by atoms with E-state index in [9.17, 15) is 4.79 Å². The van der Waals surface area contributed by atoms with Gasteiger partial charge in [0, 0.05) is 43.7 Å². The van der Waals surface area contributed by atoms with Gasteiger partial charge in [-0.3, -0.25) is 4.79 Å². The molecule has 22 heavy (non-hydrogen) atoms. The van der Waals surface area contributed by atoms with Crippen molar-refractivity contribution in [3.63, 3.8) is 0 Å². The van der Waals surface area contributed by atoms with Crippen molar-refractivity contribution in [2.45, 2.75) is 45.6 Å². The number of pyridine rings is 1. The molecule has 1 unspecified atom stereocenters. The first kappa shape index (κ1) is 15.6. The molecule has 0 saturated carbocycles. The fourth-order valence-corrected chi connectivity index (χ4v) is 4.09. The summed E-state index contributed by atoms with van der Waals surface area (Å²) in [5.41, 5.74) is 0.192. The highest BCUT2D eigenvalue weighted by Gasteiger charge is 2.42. The van der Waals surface area contributed by atoms with Gasteiger partial charge in [0.2, 0.25) is 5.91 Å². The summed E-state index contributed by atoms with van der Waals surface area (Å²) in [5.74, 6) is 1.19. The molecule has 2 aliphatic heterocycles. The lowest BCUT2D eigenvalue weighted by Gasteiger charge is -2.49. The van der Waals surface area contributed by atoms with E-state index in [1.54, 1.807) is 6.20 Å². The molecule has 1 aromatic rings. The summed E-state index contributed by atoms with van der Waals surface area (Å²) in [5, 5.41) is 0.715. The lowest BCUT2D eigenvalue weighted by atomic mass is 9.73. The fourth-order valence-electron chi connectivity index (χ4n) is 3.85. The van der Waals surface area contributed by atoms with E-state index >= 15 is 0 Å². The highest BCUT2D eigenvalue weighted by Crippen LogP contribution is 2.41. The van der Waals surface area contributed by atoms with Gasteiger partial charge in [-0.1, -0.05) is 11.6 Å². The maximum Gasteiger partial charge on any atom is 0.222 e. The van der Waals surface area contributed by atoms with Crippen LogP contribution in [-0.2, 0) is 4.79 Å². The largest absolute Gasteiger partial charge is 0.355 e. The lowest BCUT2D eigenvalue weighted by Crippen LogP contribution is -2.55.